The van der Waals surface area contributed by atoms with E-state index >= 15 is 0 Å². The fourth-order valence-electron chi connectivity index (χ4n) is 7.87. The zero-order valence-corrected chi connectivity index (χ0v) is 29.5. The zero-order chi connectivity index (χ0) is 36.3. The van der Waals surface area contributed by atoms with E-state index in [2.05, 4.69) is 146 Å². The average Bonchev–Trinajstić information content (AvgIpc) is 3.72. The molecule has 0 spiro atoms. The van der Waals surface area contributed by atoms with Gasteiger partial charge in [0.15, 0.2) is 23.1 Å². The summed E-state index contributed by atoms with van der Waals surface area (Å²) in [4.78, 5) is 20.5. The van der Waals surface area contributed by atoms with Crippen molar-refractivity contribution in [3.63, 3.8) is 0 Å². The lowest BCUT2D eigenvalue weighted by atomic mass is 9.97. The van der Waals surface area contributed by atoms with E-state index in [9.17, 15) is 0 Å². The molecule has 0 aliphatic heterocycles. The number of rotatable bonds is 5. The number of benzene rings is 9. The molecule has 55 heavy (non-hydrogen) atoms. The second kappa shape index (κ2) is 12.6. The van der Waals surface area contributed by atoms with Crippen LogP contribution < -0.4 is 0 Å². The molecule has 0 saturated heterocycles. The van der Waals surface area contributed by atoms with Gasteiger partial charge in [-0.25, -0.2) is 19.9 Å². The molecule has 0 fully saturated rings. The SMILES string of the molecule is c1ccc(-c2nc3c4ccc(-c5nc(-c6ccc(-c7cccc8ccccc78)cc6)nc(-c6cccc7ccccc67)n5)cc4c4ccccc4c3o2)cc1. The van der Waals surface area contributed by atoms with Crippen molar-refractivity contribution in [1.29, 1.82) is 0 Å². The van der Waals surface area contributed by atoms with Gasteiger partial charge in [-0.1, -0.05) is 164 Å². The van der Waals surface area contributed by atoms with Crippen molar-refractivity contribution in [2.24, 2.45) is 0 Å². The maximum Gasteiger partial charge on any atom is 0.227 e. The number of hydrogen-bond donors (Lipinski definition) is 0. The Labute approximate surface area is 316 Å². The molecule has 0 N–H and O–H groups in total. The van der Waals surface area contributed by atoms with Gasteiger partial charge >= 0.3 is 0 Å². The van der Waals surface area contributed by atoms with E-state index in [-0.39, 0.29) is 0 Å². The minimum atomic E-state index is 0.599. The lowest BCUT2D eigenvalue weighted by molar-refractivity contribution is 0.623. The first-order chi connectivity index (χ1) is 27.2. The van der Waals surface area contributed by atoms with Crippen molar-refractivity contribution in [2.45, 2.75) is 0 Å². The molecule has 9 aromatic carbocycles. The molecule has 5 nitrogen and oxygen atoms in total. The standard InChI is InChI=1S/C50H30N4O/c1-2-14-35(15-3-1)50-51-45-41-29-28-36(30-44(41)40-20-8-9-21-42(40)46(45)55-50)48-52-47(53-49(54-48)43-23-11-17-32-13-5-7-19-39(32)43)34-26-24-33(25-27-34)38-22-10-16-31-12-4-6-18-37(31)38/h1-30H. The summed E-state index contributed by atoms with van der Waals surface area (Å²) >= 11 is 0. The summed E-state index contributed by atoms with van der Waals surface area (Å²) in [5.74, 6) is 2.44. The molecular formula is C50H30N4O. The predicted octanol–water partition coefficient (Wildman–Crippen LogP) is 13.0. The molecule has 0 atom stereocenters. The molecule has 11 aromatic rings. The number of nitrogens with zero attached hydrogens (tertiary/aromatic N) is 4. The molecule has 11 rings (SSSR count). The van der Waals surface area contributed by atoms with E-state index in [0.717, 1.165) is 71.2 Å². The lowest BCUT2D eigenvalue weighted by Gasteiger charge is -2.12. The van der Waals surface area contributed by atoms with Gasteiger partial charge in [0.1, 0.15) is 5.52 Å². The van der Waals surface area contributed by atoms with Gasteiger partial charge in [-0.15, -0.1) is 0 Å². The van der Waals surface area contributed by atoms with Gasteiger partial charge in [0.2, 0.25) is 5.89 Å². The quantitative estimate of drug-likeness (QED) is 0.167. The van der Waals surface area contributed by atoms with E-state index in [0.29, 0.717) is 23.4 Å². The number of aromatic nitrogens is 4. The Hall–Kier alpha value is -7.50. The summed E-state index contributed by atoms with van der Waals surface area (Å²) < 4.78 is 6.47. The molecule has 5 heteroatoms. The van der Waals surface area contributed by atoms with E-state index in [1.54, 1.807) is 0 Å². The van der Waals surface area contributed by atoms with Gasteiger partial charge in [-0.05, 0) is 61.6 Å². The van der Waals surface area contributed by atoms with E-state index in [1.165, 1.54) is 16.3 Å². The van der Waals surface area contributed by atoms with Crippen LogP contribution in [-0.2, 0) is 0 Å². The lowest BCUT2D eigenvalue weighted by Crippen LogP contribution is -2.00. The van der Waals surface area contributed by atoms with Crippen molar-refractivity contribution in [1.82, 2.24) is 19.9 Å². The van der Waals surface area contributed by atoms with Crippen LogP contribution in [0.15, 0.2) is 186 Å². The molecule has 0 unspecified atom stereocenters. The van der Waals surface area contributed by atoms with Crippen LogP contribution >= 0.6 is 0 Å². The maximum atomic E-state index is 6.47. The minimum absolute atomic E-state index is 0.599. The number of fused-ring (bicyclic) bond motifs is 8. The second-order valence-electron chi connectivity index (χ2n) is 13.8. The summed E-state index contributed by atoms with van der Waals surface area (Å²) in [5.41, 5.74) is 7.65. The van der Waals surface area contributed by atoms with Gasteiger partial charge in [0.05, 0.1) is 0 Å². The minimum Gasteiger partial charge on any atom is -0.435 e. The molecular weight excluding hydrogens is 673 g/mol. The van der Waals surface area contributed by atoms with Crippen molar-refractivity contribution >= 4 is 54.2 Å². The first kappa shape index (κ1) is 31.1. The van der Waals surface area contributed by atoms with Gasteiger partial charge < -0.3 is 4.42 Å². The van der Waals surface area contributed by atoms with Gasteiger partial charge in [-0.3, -0.25) is 0 Å². The van der Waals surface area contributed by atoms with Crippen LogP contribution in [0.1, 0.15) is 0 Å². The van der Waals surface area contributed by atoms with Gasteiger partial charge in [0, 0.05) is 33.0 Å². The van der Waals surface area contributed by atoms with Crippen molar-refractivity contribution in [2.75, 3.05) is 0 Å². The molecule has 0 amide bonds. The fraction of sp³-hybridized carbons (Fsp3) is 0. The highest BCUT2D eigenvalue weighted by Gasteiger charge is 2.19. The fourth-order valence-corrected chi connectivity index (χ4v) is 7.87. The highest BCUT2D eigenvalue weighted by Crippen LogP contribution is 2.39. The largest absolute Gasteiger partial charge is 0.435 e. The second-order valence-corrected chi connectivity index (χ2v) is 13.8. The highest BCUT2D eigenvalue weighted by atomic mass is 16.3. The van der Waals surface area contributed by atoms with Crippen LogP contribution in [0.3, 0.4) is 0 Å². The van der Waals surface area contributed by atoms with Gasteiger partial charge in [0.25, 0.3) is 0 Å². The molecule has 0 saturated carbocycles. The van der Waals surface area contributed by atoms with E-state index < -0.39 is 0 Å². The van der Waals surface area contributed by atoms with E-state index in [1.807, 2.05) is 36.4 Å². The summed E-state index contributed by atoms with van der Waals surface area (Å²) in [6, 6.07) is 62.9. The van der Waals surface area contributed by atoms with Crippen LogP contribution in [-0.4, -0.2) is 19.9 Å². The smallest absolute Gasteiger partial charge is 0.227 e. The third-order valence-electron chi connectivity index (χ3n) is 10.6. The van der Waals surface area contributed by atoms with Crippen LogP contribution in [0.2, 0.25) is 0 Å². The maximum absolute atomic E-state index is 6.47. The zero-order valence-electron chi connectivity index (χ0n) is 29.5. The molecule has 2 heterocycles. The van der Waals surface area contributed by atoms with Crippen LogP contribution in [0.4, 0.5) is 0 Å². The summed E-state index contributed by atoms with van der Waals surface area (Å²) in [6.07, 6.45) is 0. The topological polar surface area (TPSA) is 64.7 Å². The third kappa shape index (κ3) is 5.24. The first-order valence-electron chi connectivity index (χ1n) is 18.4. The normalized spacial score (nSPS) is 11.6. The number of hydrogen-bond acceptors (Lipinski definition) is 5. The first-order valence-corrected chi connectivity index (χ1v) is 18.4. The van der Waals surface area contributed by atoms with Crippen molar-refractivity contribution < 1.29 is 4.42 Å². The van der Waals surface area contributed by atoms with E-state index in [4.69, 9.17) is 24.4 Å². The molecule has 256 valence electrons. The molecule has 0 bridgehead atoms. The Morgan fingerprint density at radius 2 is 0.855 bits per heavy atom. The monoisotopic (exact) mass is 702 g/mol. The Kier molecular flexibility index (Phi) is 7.10. The summed E-state index contributed by atoms with van der Waals surface area (Å²) in [7, 11) is 0. The van der Waals surface area contributed by atoms with Crippen molar-refractivity contribution in [3.05, 3.63) is 182 Å². The molecule has 0 aliphatic carbocycles. The van der Waals surface area contributed by atoms with Crippen LogP contribution in [0.5, 0.6) is 0 Å². The highest BCUT2D eigenvalue weighted by molar-refractivity contribution is 6.23. The Morgan fingerprint density at radius 3 is 1.60 bits per heavy atom. The molecule has 0 radical (unpaired) electrons. The third-order valence-corrected chi connectivity index (χ3v) is 10.6. The van der Waals surface area contributed by atoms with Crippen molar-refractivity contribution in [3.8, 4) is 56.7 Å². The summed E-state index contributed by atoms with van der Waals surface area (Å²) in [6.45, 7) is 0. The van der Waals surface area contributed by atoms with Crippen LogP contribution in [0, 0.1) is 0 Å². The Morgan fingerprint density at radius 1 is 0.309 bits per heavy atom. The van der Waals surface area contributed by atoms with Gasteiger partial charge in [-0.2, -0.15) is 0 Å². The van der Waals surface area contributed by atoms with Crippen LogP contribution in [0.25, 0.3) is 111 Å². The molecule has 0 aliphatic rings. The number of oxazole rings is 1. The Bertz CT molecular complexity index is 3250. The average molecular weight is 703 g/mol. The Balaban J connectivity index is 1.10. The molecule has 2 aromatic heterocycles. The summed E-state index contributed by atoms with van der Waals surface area (Å²) in [5, 5.41) is 8.82. The predicted molar refractivity (Wildman–Crippen MR) is 225 cm³/mol.